The first kappa shape index (κ1) is 13.2. The zero-order chi connectivity index (χ0) is 13.8. The van der Waals surface area contributed by atoms with Gasteiger partial charge in [0, 0.05) is 18.8 Å². The number of hydrogen-bond donors (Lipinski definition) is 2. The fraction of sp³-hybridized carbons (Fsp3) is 0.429. The lowest BCUT2D eigenvalue weighted by Gasteiger charge is -2.31. The Balaban J connectivity index is 2.08. The van der Waals surface area contributed by atoms with Crippen LogP contribution in [0.1, 0.15) is 25.3 Å². The zero-order valence-electron chi connectivity index (χ0n) is 11.0. The molecule has 2 amide bonds. The number of nitrogens with one attached hydrogen (secondary N) is 1. The van der Waals surface area contributed by atoms with Gasteiger partial charge in [-0.2, -0.15) is 5.26 Å². The summed E-state index contributed by atoms with van der Waals surface area (Å²) < 4.78 is 0. The number of carbonyl (C=O) groups is 1. The van der Waals surface area contributed by atoms with Crippen LogP contribution in [-0.2, 0) is 0 Å². The molecule has 3 N–H and O–H groups in total. The van der Waals surface area contributed by atoms with E-state index < -0.39 is 0 Å². The molecule has 1 atom stereocenters. The summed E-state index contributed by atoms with van der Waals surface area (Å²) >= 11 is 0. The molecule has 100 valence electrons. The minimum absolute atomic E-state index is 0.146. The Morgan fingerprint density at radius 2 is 2.37 bits per heavy atom. The van der Waals surface area contributed by atoms with Crippen LogP contribution in [0, 0.1) is 17.2 Å². The van der Waals surface area contributed by atoms with Crippen LogP contribution in [-0.4, -0.2) is 24.0 Å². The Morgan fingerprint density at radius 1 is 1.58 bits per heavy atom. The molecule has 0 radical (unpaired) electrons. The fourth-order valence-electron chi connectivity index (χ4n) is 2.33. The summed E-state index contributed by atoms with van der Waals surface area (Å²) in [6, 6.07) is 6.80. The van der Waals surface area contributed by atoms with E-state index >= 15 is 0 Å². The van der Waals surface area contributed by atoms with Crippen molar-refractivity contribution >= 4 is 17.4 Å². The molecular formula is C14H18N4O. The van der Waals surface area contributed by atoms with E-state index in [1.165, 1.54) is 0 Å². The van der Waals surface area contributed by atoms with Crippen LogP contribution in [0.4, 0.5) is 16.2 Å². The van der Waals surface area contributed by atoms with Gasteiger partial charge in [-0.15, -0.1) is 0 Å². The second kappa shape index (κ2) is 5.61. The molecule has 1 saturated heterocycles. The van der Waals surface area contributed by atoms with E-state index in [-0.39, 0.29) is 6.03 Å². The van der Waals surface area contributed by atoms with E-state index in [0.717, 1.165) is 25.9 Å². The molecule has 0 bridgehead atoms. The lowest BCUT2D eigenvalue weighted by atomic mass is 10.0. The number of carbonyl (C=O) groups excluding carboxylic acids is 1. The molecule has 1 aromatic rings. The molecule has 2 rings (SSSR count). The van der Waals surface area contributed by atoms with Crippen molar-refractivity contribution in [3.8, 4) is 6.07 Å². The minimum atomic E-state index is -0.146. The van der Waals surface area contributed by atoms with Crippen molar-refractivity contribution in [2.45, 2.75) is 19.8 Å². The van der Waals surface area contributed by atoms with Gasteiger partial charge in [0.2, 0.25) is 0 Å². The van der Waals surface area contributed by atoms with Gasteiger partial charge in [-0.05, 0) is 37.0 Å². The Hall–Kier alpha value is -2.22. The van der Waals surface area contributed by atoms with Gasteiger partial charge >= 0.3 is 6.03 Å². The summed E-state index contributed by atoms with van der Waals surface area (Å²) in [6.45, 7) is 3.68. The average molecular weight is 258 g/mol. The van der Waals surface area contributed by atoms with Gasteiger partial charge in [-0.1, -0.05) is 6.92 Å². The van der Waals surface area contributed by atoms with Gasteiger partial charge in [-0.3, -0.25) is 0 Å². The maximum absolute atomic E-state index is 12.1. The molecule has 0 aromatic heterocycles. The predicted molar refractivity (Wildman–Crippen MR) is 74.6 cm³/mol. The van der Waals surface area contributed by atoms with Crippen molar-refractivity contribution in [2.24, 2.45) is 5.92 Å². The van der Waals surface area contributed by atoms with Crippen molar-refractivity contribution in [3.63, 3.8) is 0 Å². The Labute approximate surface area is 113 Å². The number of nitrogen functional groups attached to an aromatic ring is 1. The third-order valence-electron chi connectivity index (χ3n) is 3.35. The number of amides is 2. The van der Waals surface area contributed by atoms with E-state index in [0.29, 0.717) is 22.9 Å². The van der Waals surface area contributed by atoms with Crippen molar-refractivity contribution < 1.29 is 4.79 Å². The molecule has 1 heterocycles. The Bertz CT molecular complexity index is 521. The average Bonchev–Trinajstić information content (AvgIpc) is 2.40. The van der Waals surface area contributed by atoms with Gasteiger partial charge in [0.05, 0.1) is 11.3 Å². The molecule has 0 aliphatic carbocycles. The molecule has 5 heteroatoms. The first-order chi connectivity index (χ1) is 9.10. The number of hydrogen-bond acceptors (Lipinski definition) is 3. The van der Waals surface area contributed by atoms with Crippen LogP contribution in [0.15, 0.2) is 18.2 Å². The Morgan fingerprint density at radius 3 is 3.05 bits per heavy atom. The van der Waals surface area contributed by atoms with Gasteiger partial charge in [-0.25, -0.2) is 4.79 Å². The van der Waals surface area contributed by atoms with Crippen molar-refractivity contribution in [2.75, 3.05) is 24.1 Å². The minimum Gasteiger partial charge on any atom is -0.399 e. The molecule has 1 unspecified atom stereocenters. The molecule has 1 aromatic carbocycles. The van der Waals surface area contributed by atoms with Gasteiger partial charge in [0.1, 0.15) is 6.07 Å². The normalized spacial score (nSPS) is 18.7. The van der Waals surface area contributed by atoms with Crippen molar-refractivity contribution in [3.05, 3.63) is 23.8 Å². The van der Waals surface area contributed by atoms with Crippen molar-refractivity contribution in [1.82, 2.24) is 4.90 Å². The molecular weight excluding hydrogens is 240 g/mol. The molecule has 0 saturated carbocycles. The van der Waals surface area contributed by atoms with Crippen LogP contribution >= 0.6 is 0 Å². The molecule has 5 nitrogen and oxygen atoms in total. The highest BCUT2D eigenvalue weighted by molar-refractivity contribution is 5.91. The summed E-state index contributed by atoms with van der Waals surface area (Å²) in [5.41, 5.74) is 7.04. The third-order valence-corrected chi connectivity index (χ3v) is 3.35. The van der Waals surface area contributed by atoms with Gasteiger partial charge in [0.25, 0.3) is 0 Å². The zero-order valence-corrected chi connectivity index (χ0v) is 11.0. The quantitative estimate of drug-likeness (QED) is 0.759. The van der Waals surface area contributed by atoms with E-state index in [2.05, 4.69) is 12.2 Å². The van der Waals surface area contributed by atoms with E-state index in [1.807, 2.05) is 6.07 Å². The summed E-state index contributed by atoms with van der Waals surface area (Å²) in [5.74, 6) is 0.529. The number of likely N-dealkylation sites (tertiary alicyclic amines) is 1. The number of urea groups is 1. The SMILES string of the molecule is CC1CCCN(C(=O)Nc2ccc(N)cc2C#N)C1. The van der Waals surface area contributed by atoms with E-state index in [1.54, 1.807) is 23.1 Å². The molecule has 0 spiro atoms. The highest BCUT2D eigenvalue weighted by Gasteiger charge is 2.21. The van der Waals surface area contributed by atoms with E-state index in [4.69, 9.17) is 11.0 Å². The first-order valence-corrected chi connectivity index (χ1v) is 6.45. The predicted octanol–water partition coefficient (Wildman–Crippen LogP) is 2.40. The number of nitrogens with two attached hydrogens (primary N) is 1. The Kier molecular flexibility index (Phi) is 3.91. The van der Waals surface area contributed by atoms with Crippen LogP contribution in [0.25, 0.3) is 0 Å². The molecule has 1 aliphatic rings. The van der Waals surface area contributed by atoms with Gasteiger partial charge in [0.15, 0.2) is 0 Å². The lowest BCUT2D eigenvalue weighted by Crippen LogP contribution is -2.41. The summed E-state index contributed by atoms with van der Waals surface area (Å²) in [6.07, 6.45) is 2.19. The number of nitrogens with zero attached hydrogens (tertiary/aromatic N) is 2. The van der Waals surface area contributed by atoms with Gasteiger partial charge < -0.3 is 16.0 Å². The summed E-state index contributed by atoms with van der Waals surface area (Å²) in [4.78, 5) is 13.9. The maximum atomic E-state index is 12.1. The number of rotatable bonds is 1. The highest BCUT2D eigenvalue weighted by Crippen LogP contribution is 2.20. The summed E-state index contributed by atoms with van der Waals surface area (Å²) in [5, 5.41) is 11.8. The largest absolute Gasteiger partial charge is 0.399 e. The first-order valence-electron chi connectivity index (χ1n) is 6.45. The number of nitriles is 1. The number of benzene rings is 1. The second-order valence-electron chi connectivity index (χ2n) is 5.04. The smallest absolute Gasteiger partial charge is 0.321 e. The monoisotopic (exact) mass is 258 g/mol. The van der Waals surface area contributed by atoms with Crippen LogP contribution in [0.2, 0.25) is 0 Å². The molecule has 19 heavy (non-hydrogen) atoms. The summed E-state index contributed by atoms with van der Waals surface area (Å²) in [7, 11) is 0. The van der Waals surface area contributed by atoms with E-state index in [9.17, 15) is 4.79 Å². The fourth-order valence-corrected chi connectivity index (χ4v) is 2.33. The third kappa shape index (κ3) is 3.16. The standard InChI is InChI=1S/C14H18N4O/c1-10-3-2-6-18(9-10)14(19)17-13-5-4-12(16)7-11(13)8-15/h4-5,7,10H,2-3,6,9,16H2,1H3,(H,17,19). The second-order valence-corrected chi connectivity index (χ2v) is 5.04. The van der Waals surface area contributed by atoms with Crippen molar-refractivity contribution in [1.29, 1.82) is 5.26 Å². The highest BCUT2D eigenvalue weighted by atomic mass is 16.2. The maximum Gasteiger partial charge on any atom is 0.321 e. The van der Waals surface area contributed by atoms with Crippen LogP contribution in [0.3, 0.4) is 0 Å². The molecule has 1 fully saturated rings. The molecule has 1 aliphatic heterocycles. The van der Waals surface area contributed by atoms with Crippen LogP contribution < -0.4 is 11.1 Å². The lowest BCUT2D eigenvalue weighted by molar-refractivity contribution is 0.182. The number of piperidine rings is 1. The van der Waals surface area contributed by atoms with Crippen LogP contribution in [0.5, 0.6) is 0 Å². The topological polar surface area (TPSA) is 82.2 Å². The number of anilines is 2.